The van der Waals surface area contributed by atoms with E-state index >= 15 is 0 Å². The topological polar surface area (TPSA) is 93.1 Å². The number of phosphoric ester groups is 1. The summed E-state index contributed by atoms with van der Waals surface area (Å²) in [7, 11) is -4.56. The molecule has 0 spiro atoms. The predicted octanol–water partition coefficient (Wildman–Crippen LogP) is 0.561. The summed E-state index contributed by atoms with van der Waals surface area (Å²) in [5.74, 6) is -2.96. The van der Waals surface area contributed by atoms with Crippen LogP contribution in [-0.4, -0.2) is 21.8 Å². The molecule has 0 radical (unpaired) electrons. The largest absolute Gasteiger partial charge is 0.532 e. The number of aliphatic hydroxyl groups is 1. The Morgan fingerprint density at radius 3 is 2.38 bits per heavy atom. The van der Waals surface area contributed by atoms with Crippen LogP contribution in [0.25, 0.3) is 0 Å². The van der Waals surface area contributed by atoms with Crippen molar-refractivity contribution in [2.24, 2.45) is 0 Å². The molecule has 7 heteroatoms. The molecule has 0 heterocycles. The molecule has 0 aliphatic rings. The maximum atomic E-state index is 10.9. The lowest BCUT2D eigenvalue weighted by Gasteiger charge is -2.20. The van der Waals surface area contributed by atoms with Crippen LogP contribution in [0.15, 0.2) is 12.7 Å². The van der Waals surface area contributed by atoms with Gasteiger partial charge in [-0.3, -0.25) is 4.89 Å². The molecule has 76 valence electrons. The number of hydrogen-bond donors (Lipinski definition) is 2. The molecule has 0 rings (SSSR count). The molecule has 0 saturated heterocycles. The highest BCUT2D eigenvalue weighted by Gasteiger charge is 2.32. The highest BCUT2D eigenvalue weighted by molar-refractivity contribution is 7.48. The SMILES string of the molecule is C=CC(=O)OP(=O)(O)OC(C)(C)O. The van der Waals surface area contributed by atoms with E-state index in [-0.39, 0.29) is 0 Å². The highest BCUT2D eigenvalue weighted by Crippen LogP contribution is 2.46. The van der Waals surface area contributed by atoms with Gasteiger partial charge in [0.1, 0.15) is 0 Å². The second-order valence-electron chi connectivity index (χ2n) is 2.62. The first-order chi connectivity index (χ1) is 5.66. The monoisotopic (exact) mass is 210 g/mol. The van der Waals surface area contributed by atoms with Crippen molar-refractivity contribution < 1.29 is 28.4 Å². The van der Waals surface area contributed by atoms with Gasteiger partial charge in [-0.15, -0.1) is 0 Å². The quantitative estimate of drug-likeness (QED) is 0.400. The van der Waals surface area contributed by atoms with Gasteiger partial charge in [0.2, 0.25) is 0 Å². The number of rotatable bonds is 4. The molecule has 0 amide bonds. The van der Waals surface area contributed by atoms with Gasteiger partial charge in [-0.1, -0.05) is 6.58 Å². The van der Waals surface area contributed by atoms with Gasteiger partial charge < -0.3 is 9.63 Å². The lowest BCUT2D eigenvalue weighted by Crippen LogP contribution is -2.22. The lowest BCUT2D eigenvalue weighted by molar-refractivity contribution is -0.139. The summed E-state index contributed by atoms with van der Waals surface area (Å²) in [6, 6.07) is 0. The van der Waals surface area contributed by atoms with Gasteiger partial charge in [0.25, 0.3) is 0 Å². The zero-order valence-corrected chi connectivity index (χ0v) is 8.15. The molecule has 0 bridgehead atoms. The third-order valence-electron chi connectivity index (χ3n) is 0.711. The predicted molar refractivity (Wildman–Crippen MR) is 43.5 cm³/mol. The van der Waals surface area contributed by atoms with Crippen LogP contribution in [-0.2, 0) is 18.4 Å². The number of carbonyl (C=O) groups is 1. The van der Waals surface area contributed by atoms with E-state index in [0.29, 0.717) is 6.08 Å². The summed E-state index contributed by atoms with van der Waals surface area (Å²) in [6.45, 7) is 5.26. The zero-order valence-electron chi connectivity index (χ0n) is 7.26. The van der Waals surface area contributed by atoms with Crippen molar-refractivity contribution >= 4 is 13.8 Å². The van der Waals surface area contributed by atoms with E-state index in [9.17, 15) is 9.36 Å². The minimum absolute atomic E-state index is 0.705. The molecule has 0 aromatic carbocycles. The summed E-state index contributed by atoms with van der Waals surface area (Å²) >= 11 is 0. The first-order valence-electron chi connectivity index (χ1n) is 3.28. The number of hydrogen-bond acceptors (Lipinski definition) is 5. The Balaban J connectivity index is 4.34. The van der Waals surface area contributed by atoms with E-state index in [1.54, 1.807) is 0 Å². The first-order valence-corrected chi connectivity index (χ1v) is 4.78. The van der Waals surface area contributed by atoms with Crippen LogP contribution in [0.3, 0.4) is 0 Å². The molecule has 0 aliphatic carbocycles. The third-order valence-corrected chi connectivity index (χ3v) is 1.80. The van der Waals surface area contributed by atoms with Gasteiger partial charge in [0, 0.05) is 6.08 Å². The molecule has 0 fully saturated rings. The molecule has 0 aromatic rings. The van der Waals surface area contributed by atoms with Crippen LogP contribution in [0, 0.1) is 0 Å². The Morgan fingerprint density at radius 2 is 2.08 bits per heavy atom. The van der Waals surface area contributed by atoms with Crippen LogP contribution in [0.5, 0.6) is 0 Å². The van der Waals surface area contributed by atoms with Crippen LogP contribution in [0.2, 0.25) is 0 Å². The smallest absolute Gasteiger partial charge is 0.367 e. The number of carbonyl (C=O) groups excluding carboxylic acids is 1. The molecule has 0 saturated carbocycles. The zero-order chi connectivity index (χ0) is 10.7. The summed E-state index contributed by atoms with van der Waals surface area (Å²) in [5.41, 5.74) is 0. The van der Waals surface area contributed by atoms with Crippen molar-refractivity contribution in [3.63, 3.8) is 0 Å². The van der Waals surface area contributed by atoms with Crippen molar-refractivity contribution in [2.75, 3.05) is 0 Å². The Kier molecular flexibility index (Phi) is 3.81. The van der Waals surface area contributed by atoms with Gasteiger partial charge in [-0.05, 0) is 13.8 Å². The third kappa shape index (κ3) is 6.48. The molecular weight excluding hydrogens is 199 g/mol. The molecule has 2 N–H and O–H groups in total. The molecule has 1 unspecified atom stereocenters. The van der Waals surface area contributed by atoms with E-state index < -0.39 is 19.6 Å². The van der Waals surface area contributed by atoms with E-state index in [0.717, 1.165) is 13.8 Å². The van der Waals surface area contributed by atoms with E-state index in [4.69, 9.17) is 10.00 Å². The van der Waals surface area contributed by atoms with Crippen LogP contribution in [0.4, 0.5) is 0 Å². The minimum atomic E-state index is -4.56. The molecule has 1 atom stereocenters. The van der Waals surface area contributed by atoms with Gasteiger partial charge in [-0.25, -0.2) is 13.9 Å². The van der Waals surface area contributed by atoms with Crippen molar-refractivity contribution in [1.82, 2.24) is 0 Å². The summed E-state index contributed by atoms with van der Waals surface area (Å²) in [6.07, 6.45) is 0.705. The van der Waals surface area contributed by atoms with Gasteiger partial charge in [-0.2, -0.15) is 0 Å². The van der Waals surface area contributed by atoms with Gasteiger partial charge >= 0.3 is 13.8 Å². The standard InChI is InChI=1S/C6H11O6P/c1-4-5(7)11-13(9,10)12-6(2,3)8/h4,8H,1H2,2-3H3,(H,9,10). The molecule has 0 aliphatic heterocycles. The highest BCUT2D eigenvalue weighted by atomic mass is 31.2. The molecule has 13 heavy (non-hydrogen) atoms. The minimum Gasteiger partial charge on any atom is -0.367 e. The normalized spacial score (nSPS) is 16.0. The second-order valence-corrected chi connectivity index (χ2v) is 3.92. The Labute approximate surface area is 75.4 Å². The fraction of sp³-hybridized carbons (Fsp3) is 0.500. The molecule has 0 aromatic heterocycles. The van der Waals surface area contributed by atoms with Crippen LogP contribution in [0.1, 0.15) is 13.8 Å². The van der Waals surface area contributed by atoms with Crippen LogP contribution >= 0.6 is 7.82 Å². The van der Waals surface area contributed by atoms with Crippen molar-refractivity contribution in [1.29, 1.82) is 0 Å². The lowest BCUT2D eigenvalue weighted by atomic mass is 10.4. The average Bonchev–Trinajstić information content (AvgIpc) is 1.80. The summed E-state index contributed by atoms with van der Waals surface area (Å²) in [5, 5.41) is 8.97. The van der Waals surface area contributed by atoms with Gasteiger partial charge in [0.15, 0.2) is 5.79 Å². The van der Waals surface area contributed by atoms with Crippen molar-refractivity contribution in [3.05, 3.63) is 12.7 Å². The number of phosphoric acid groups is 1. The Hall–Kier alpha value is -0.680. The second kappa shape index (κ2) is 4.02. The maximum Gasteiger partial charge on any atom is 0.532 e. The molecular formula is C6H11O6P. The Morgan fingerprint density at radius 1 is 1.62 bits per heavy atom. The maximum absolute atomic E-state index is 10.9. The summed E-state index contributed by atoms with van der Waals surface area (Å²) in [4.78, 5) is 19.3. The van der Waals surface area contributed by atoms with E-state index in [2.05, 4.69) is 15.6 Å². The van der Waals surface area contributed by atoms with E-state index in [1.807, 2.05) is 0 Å². The fourth-order valence-corrected chi connectivity index (χ4v) is 1.36. The average molecular weight is 210 g/mol. The van der Waals surface area contributed by atoms with Crippen LogP contribution < -0.4 is 0 Å². The van der Waals surface area contributed by atoms with Crippen molar-refractivity contribution in [3.8, 4) is 0 Å². The van der Waals surface area contributed by atoms with E-state index in [1.165, 1.54) is 0 Å². The first kappa shape index (κ1) is 12.3. The molecule has 6 nitrogen and oxygen atoms in total. The van der Waals surface area contributed by atoms with Crippen molar-refractivity contribution in [2.45, 2.75) is 19.6 Å². The Bertz CT molecular complexity index is 252. The summed E-state index contributed by atoms with van der Waals surface area (Å²) < 4.78 is 19.0. The van der Waals surface area contributed by atoms with Gasteiger partial charge in [0.05, 0.1) is 0 Å². The fourth-order valence-electron chi connectivity index (χ4n) is 0.452.